The van der Waals surface area contributed by atoms with Crippen molar-refractivity contribution >= 4 is 23.6 Å². The normalized spacial score (nSPS) is 12.6. The highest BCUT2D eigenvalue weighted by Crippen LogP contribution is 2.09. The summed E-state index contributed by atoms with van der Waals surface area (Å²) in [5.41, 5.74) is 8.29. The topological polar surface area (TPSA) is 123 Å². The molecule has 0 bridgehead atoms. The first-order valence-corrected chi connectivity index (χ1v) is 8.12. The Labute approximate surface area is 159 Å². The van der Waals surface area contributed by atoms with Gasteiger partial charge in [-0.1, -0.05) is 37.4 Å². The molecular weight excluding hydrogens is 338 g/mol. The number of hydrogen-bond acceptors (Lipinski definition) is 5. The minimum absolute atomic E-state index is 0.178. The second kappa shape index (κ2) is 10.9. The molecule has 0 aliphatic heterocycles. The Morgan fingerprint density at radius 2 is 2.04 bits per heavy atom. The SMILES string of the molecule is C=C/C(=N\C(=C)C(=N)N)c1ccc(CN/C(C)=N/C=C(C#N)\N=C\C)cc1. The quantitative estimate of drug-likeness (QED) is 0.374. The molecule has 0 heterocycles. The molecule has 0 saturated heterocycles. The maximum absolute atomic E-state index is 8.89. The second-order valence-corrected chi connectivity index (χ2v) is 5.34. The van der Waals surface area contributed by atoms with Crippen LogP contribution in [0.15, 0.2) is 76.1 Å². The molecule has 0 saturated carbocycles. The molecule has 0 aromatic heterocycles. The van der Waals surface area contributed by atoms with E-state index in [2.05, 4.69) is 33.5 Å². The molecule has 1 aromatic carbocycles. The summed E-state index contributed by atoms with van der Waals surface area (Å²) < 4.78 is 0. The molecule has 7 heteroatoms. The van der Waals surface area contributed by atoms with E-state index in [-0.39, 0.29) is 17.2 Å². The fraction of sp³-hybridized carbons (Fsp3) is 0.150. The van der Waals surface area contributed by atoms with E-state index < -0.39 is 0 Å². The van der Waals surface area contributed by atoms with Crippen molar-refractivity contribution in [1.29, 1.82) is 10.7 Å². The summed E-state index contributed by atoms with van der Waals surface area (Å²) in [6.45, 7) is 11.5. The van der Waals surface area contributed by atoms with Crippen LogP contribution in [0.3, 0.4) is 0 Å². The van der Waals surface area contributed by atoms with Crippen molar-refractivity contribution in [3.63, 3.8) is 0 Å². The van der Waals surface area contributed by atoms with E-state index in [1.54, 1.807) is 19.2 Å². The summed E-state index contributed by atoms with van der Waals surface area (Å²) in [6, 6.07) is 9.66. The molecule has 1 rings (SSSR count). The number of nitrogens with zero attached hydrogens (tertiary/aromatic N) is 4. The standard InChI is InChI=1S/C20H23N7/c1-5-19(27-14(3)20(22)23)17-9-7-16(8-10-17)12-25-15(4)26-13-18(11-21)24-6-2/h5-10,13H,1,3,12H2,2,4H3,(H3,22,23)(H,25,26)/b18-13-,24-6+,27-19+. The molecule has 138 valence electrons. The summed E-state index contributed by atoms with van der Waals surface area (Å²) in [6.07, 6.45) is 4.55. The molecule has 7 nitrogen and oxygen atoms in total. The number of amidine groups is 2. The van der Waals surface area contributed by atoms with Crippen LogP contribution >= 0.6 is 0 Å². The largest absolute Gasteiger partial charge is 0.382 e. The van der Waals surface area contributed by atoms with Crippen molar-refractivity contribution in [2.24, 2.45) is 20.7 Å². The Bertz CT molecular complexity index is 863. The van der Waals surface area contributed by atoms with Gasteiger partial charge in [0, 0.05) is 18.3 Å². The molecule has 0 atom stereocenters. The molecule has 0 aliphatic rings. The number of hydrogen-bond donors (Lipinski definition) is 3. The Balaban J connectivity index is 2.80. The predicted octanol–water partition coefficient (Wildman–Crippen LogP) is 3.08. The van der Waals surface area contributed by atoms with Gasteiger partial charge < -0.3 is 11.1 Å². The predicted molar refractivity (Wildman–Crippen MR) is 112 cm³/mol. The van der Waals surface area contributed by atoms with E-state index in [0.717, 1.165) is 11.1 Å². The van der Waals surface area contributed by atoms with Gasteiger partial charge in [0.15, 0.2) is 5.70 Å². The Hall–Kier alpha value is -3.79. The van der Waals surface area contributed by atoms with E-state index in [1.165, 1.54) is 6.20 Å². The first-order chi connectivity index (χ1) is 12.9. The summed E-state index contributed by atoms with van der Waals surface area (Å²) in [5, 5.41) is 19.4. The van der Waals surface area contributed by atoms with Crippen molar-refractivity contribution in [3.05, 3.63) is 72.2 Å². The average Bonchev–Trinajstić information content (AvgIpc) is 2.67. The summed E-state index contributed by atoms with van der Waals surface area (Å²) in [7, 11) is 0. The maximum atomic E-state index is 8.89. The lowest BCUT2D eigenvalue weighted by Crippen LogP contribution is -2.19. The Kier molecular flexibility index (Phi) is 8.62. The lowest BCUT2D eigenvalue weighted by Gasteiger charge is -2.07. The minimum Gasteiger partial charge on any atom is -0.382 e. The third-order valence-corrected chi connectivity index (χ3v) is 3.32. The number of allylic oxidation sites excluding steroid dienone is 2. The molecule has 0 fully saturated rings. The molecule has 1 aromatic rings. The smallest absolute Gasteiger partial charge is 0.158 e. The number of nitriles is 1. The van der Waals surface area contributed by atoms with Gasteiger partial charge in [-0.2, -0.15) is 5.26 Å². The lowest BCUT2D eigenvalue weighted by atomic mass is 10.1. The molecule has 0 radical (unpaired) electrons. The van der Waals surface area contributed by atoms with Crippen molar-refractivity contribution in [1.82, 2.24) is 5.32 Å². The Morgan fingerprint density at radius 3 is 2.56 bits per heavy atom. The highest BCUT2D eigenvalue weighted by molar-refractivity contribution is 6.11. The third-order valence-electron chi connectivity index (χ3n) is 3.32. The third kappa shape index (κ3) is 7.32. The molecule has 0 aliphatic carbocycles. The van der Waals surface area contributed by atoms with E-state index >= 15 is 0 Å². The molecule has 0 spiro atoms. The summed E-state index contributed by atoms with van der Waals surface area (Å²) in [4.78, 5) is 12.3. The van der Waals surface area contributed by atoms with Gasteiger partial charge in [0.2, 0.25) is 0 Å². The van der Waals surface area contributed by atoms with E-state index in [1.807, 2.05) is 37.3 Å². The van der Waals surface area contributed by atoms with Crippen LogP contribution in [0, 0.1) is 16.7 Å². The van der Waals surface area contributed by atoms with Crippen molar-refractivity contribution < 1.29 is 0 Å². The van der Waals surface area contributed by atoms with Crippen molar-refractivity contribution in [2.75, 3.05) is 0 Å². The van der Waals surface area contributed by atoms with Gasteiger partial charge in [-0.15, -0.1) is 0 Å². The second-order valence-electron chi connectivity index (χ2n) is 5.34. The molecule has 4 N–H and O–H groups in total. The van der Waals surface area contributed by atoms with E-state index in [4.69, 9.17) is 16.4 Å². The summed E-state index contributed by atoms with van der Waals surface area (Å²) >= 11 is 0. The number of benzene rings is 1. The van der Waals surface area contributed by atoms with Gasteiger partial charge in [0.05, 0.1) is 23.4 Å². The lowest BCUT2D eigenvalue weighted by molar-refractivity contribution is 0.908. The van der Waals surface area contributed by atoms with Crippen molar-refractivity contribution in [2.45, 2.75) is 20.4 Å². The zero-order valence-corrected chi connectivity index (χ0v) is 15.5. The number of aliphatic imine (C=N–C) groups is 3. The van der Waals surface area contributed by atoms with Gasteiger partial charge in [-0.05, 0) is 25.5 Å². The van der Waals surface area contributed by atoms with Crippen LogP contribution in [-0.4, -0.2) is 23.6 Å². The Morgan fingerprint density at radius 1 is 1.37 bits per heavy atom. The first kappa shape index (κ1) is 21.3. The van der Waals surface area contributed by atoms with Gasteiger partial charge >= 0.3 is 0 Å². The van der Waals surface area contributed by atoms with Crippen molar-refractivity contribution in [3.8, 4) is 6.07 Å². The summed E-state index contributed by atoms with van der Waals surface area (Å²) in [5.74, 6) is 0.493. The fourth-order valence-electron chi connectivity index (χ4n) is 1.89. The molecule has 0 unspecified atom stereocenters. The van der Waals surface area contributed by atoms with Crippen LogP contribution in [0.2, 0.25) is 0 Å². The number of nitrogens with one attached hydrogen (secondary N) is 2. The minimum atomic E-state index is -0.178. The highest BCUT2D eigenvalue weighted by atomic mass is 15.0. The highest BCUT2D eigenvalue weighted by Gasteiger charge is 2.03. The van der Waals surface area contributed by atoms with Crippen LogP contribution in [0.25, 0.3) is 0 Å². The van der Waals surface area contributed by atoms with Gasteiger partial charge in [0.25, 0.3) is 0 Å². The molecule has 27 heavy (non-hydrogen) atoms. The van der Waals surface area contributed by atoms with Gasteiger partial charge in [-0.25, -0.2) is 15.0 Å². The molecular formula is C20H23N7. The maximum Gasteiger partial charge on any atom is 0.158 e. The number of rotatable bonds is 8. The zero-order valence-electron chi connectivity index (χ0n) is 15.5. The van der Waals surface area contributed by atoms with E-state index in [9.17, 15) is 0 Å². The van der Waals surface area contributed by atoms with Crippen LogP contribution < -0.4 is 11.1 Å². The number of nitrogens with two attached hydrogens (primary N) is 1. The van der Waals surface area contributed by atoms with Crippen LogP contribution in [0.5, 0.6) is 0 Å². The van der Waals surface area contributed by atoms with Gasteiger partial charge in [-0.3, -0.25) is 5.41 Å². The van der Waals surface area contributed by atoms with Crippen LogP contribution in [0.1, 0.15) is 25.0 Å². The first-order valence-electron chi connectivity index (χ1n) is 8.12. The van der Waals surface area contributed by atoms with Gasteiger partial charge in [0.1, 0.15) is 11.9 Å². The van der Waals surface area contributed by atoms with Crippen LogP contribution in [0.4, 0.5) is 0 Å². The average molecular weight is 361 g/mol. The monoisotopic (exact) mass is 361 g/mol. The van der Waals surface area contributed by atoms with Crippen LogP contribution in [-0.2, 0) is 6.54 Å². The van der Waals surface area contributed by atoms with E-state index in [0.29, 0.717) is 18.1 Å². The molecule has 0 amide bonds. The fourth-order valence-corrected chi connectivity index (χ4v) is 1.89. The zero-order chi connectivity index (χ0) is 20.2.